The van der Waals surface area contributed by atoms with Crippen molar-refractivity contribution in [1.82, 2.24) is 15.0 Å². The van der Waals surface area contributed by atoms with Crippen LogP contribution in [0.5, 0.6) is 5.88 Å². The molecule has 0 atom stereocenters. The van der Waals surface area contributed by atoms with Crippen LogP contribution in [0.15, 0.2) is 24.4 Å². The molecule has 2 rings (SSSR count). The standard InChI is InChI=1S/C12H14N4O/c1-8-6-10(13-2)16-12(15-8)9-4-5-11(17-3)14-7-9/h4-7H,1-3H3,(H,13,15,16). The van der Waals surface area contributed by atoms with Crippen LogP contribution in [0.4, 0.5) is 5.82 Å². The minimum Gasteiger partial charge on any atom is -0.481 e. The average molecular weight is 230 g/mol. The molecule has 0 aromatic carbocycles. The molecule has 0 spiro atoms. The number of pyridine rings is 1. The van der Waals surface area contributed by atoms with Crippen LogP contribution < -0.4 is 10.1 Å². The van der Waals surface area contributed by atoms with Gasteiger partial charge in [0.05, 0.1) is 7.11 Å². The third-order valence-corrected chi connectivity index (χ3v) is 2.31. The highest BCUT2D eigenvalue weighted by atomic mass is 16.5. The van der Waals surface area contributed by atoms with Gasteiger partial charge in [0.25, 0.3) is 0 Å². The summed E-state index contributed by atoms with van der Waals surface area (Å²) in [6, 6.07) is 5.57. The summed E-state index contributed by atoms with van der Waals surface area (Å²) in [5, 5.41) is 3.00. The first-order valence-corrected chi connectivity index (χ1v) is 5.27. The van der Waals surface area contributed by atoms with E-state index in [2.05, 4.69) is 20.3 Å². The van der Waals surface area contributed by atoms with E-state index in [4.69, 9.17) is 4.74 Å². The normalized spacial score (nSPS) is 10.1. The van der Waals surface area contributed by atoms with Crippen LogP contribution in [0.25, 0.3) is 11.4 Å². The maximum Gasteiger partial charge on any atom is 0.212 e. The zero-order valence-corrected chi connectivity index (χ0v) is 10.1. The maximum absolute atomic E-state index is 5.01. The molecule has 0 amide bonds. The fourth-order valence-electron chi connectivity index (χ4n) is 1.46. The molecule has 88 valence electrons. The molecule has 0 aliphatic heterocycles. The second-order valence-corrected chi connectivity index (χ2v) is 3.56. The van der Waals surface area contributed by atoms with E-state index < -0.39 is 0 Å². The number of anilines is 1. The number of nitrogens with zero attached hydrogens (tertiary/aromatic N) is 3. The van der Waals surface area contributed by atoms with E-state index in [9.17, 15) is 0 Å². The molecular formula is C12H14N4O. The smallest absolute Gasteiger partial charge is 0.212 e. The van der Waals surface area contributed by atoms with Crippen molar-refractivity contribution in [1.29, 1.82) is 0 Å². The number of hydrogen-bond acceptors (Lipinski definition) is 5. The molecular weight excluding hydrogens is 216 g/mol. The molecule has 0 radical (unpaired) electrons. The fraction of sp³-hybridized carbons (Fsp3) is 0.250. The Morgan fingerprint density at radius 2 is 2.06 bits per heavy atom. The zero-order chi connectivity index (χ0) is 12.3. The van der Waals surface area contributed by atoms with Gasteiger partial charge in [0, 0.05) is 36.6 Å². The van der Waals surface area contributed by atoms with Crippen molar-refractivity contribution in [3.05, 3.63) is 30.1 Å². The Kier molecular flexibility index (Phi) is 3.18. The summed E-state index contributed by atoms with van der Waals surface area (Å²) in [6.45, 7) is 1.93. The van der Waals surface area contributed by atoms with E-state index in [0.717, 1.165) is 17.1 Å². The minimum atomic E-state index is 0.579. The monoisotopic (exact) mass is 230 g/mol. The molecule has 2 aromatic heterocycles. The van der Waals surface area contributed by atoms with E-state index in [1.807, 2.05) is 26.1 Å². The Balaban J connectivity index is 2.41. The topological polar surface area (TPSA) is 59.9 Å². The summed E-state index contributed by atoms with van der Waals surface area (Å²) >= 11 is 0. The molecule has 0 saturated heterocycles. The molecule has 5 heteroatoms. The van der Waals surface area contributed by atoms with E-state index in [-0.39, 0.29) is 0 Å². The van der Waals surface area contributed by atoms with Gasteiger partial charge in [-0.05, 0) is 13.0 Å². The van der Waals surface area contributed by atoms with E-state index in [0.29, 0.717) is 11.7 Å². The van der Waals surface area contributed by atoms with Crippen molar-refractivity contribution in [3.63, 3.8) is 0 Å². The van der Waals surface area contributed by atoms with Gasteiger partial charge in [0.1, 0.15) is 5.82 Å². The first-order valence-electron chi connectivity index (χ1n) is 5.27. The number of aryl methyl sites for hydroxylation is 1. The molecule has 0 aliphatic rings. The summed E-state index contributed by atoms with van der Waals surface area (Å²) in [6.07, 6.45) is 1.70. The van der Waals surface area contributed by atoms with Gasteiger partial charge in [-0.2, -0.15) is 0 Å². The summed E-state index contributed by atoms with van der Waals surface area (Å²) in [5.74, 6) is 2.03. The molecule has 0 aliphatic carbocycles. The zero-order valence-electron chi connectivity index (χ0n) is 10.1. The third kappa shape index (κ3) is 2.50. The number of ether oxygens (including phenoxy) is 1. The van der Waals surface area contributed by atoms with Gasteiger partial charge in [-0.25, -0.2) is 15.0 Å². The van der Waals surface area contributed by atoms with Crippen LogP contribution in [-0.2, 0) is 0 Å². The highest BCUT2D eigenvalue weighted by Crippen LogP contribution is 2.18. The number of methoxy groups -OCH3 is 1. The summed E-state index contributed by atoms with van der Waals surface area (Å²) in [4.78, 5) is 12.9. The summed E-state index contributed by atoms with van der Waals surface area (Å²) in [7, 11) is 3.42. The van der Waals surface area contributed by atoms with E-state index in [1.54, 1.807) is 19.4 Å². The minimum absolute atomic E-state index is 0.579. The molecule has 0 fully saturated rings. The number of hydrogen-bond donors (Lipinski definition) is 1. The molecule has 0 unspecified atom stereocenters. The van der Waals surface area contributed by atoms with Gasteiger partial charge < -0.3 is 10.1 Å². The van der Waals surface area contributed by atoms with Gasteiger partial charge in [-0.1, -0.05) is 0 Å². The number of aromatic nitrogens is 3. The molecule has 0 saturated carbocycles. The second-order valence-electron chi connectivity index (χ2n) is 3.56. The lowest BCUT2D eigenvalue weighted by Gasteiger charge is -2.05. The SMILES string of the molecule is CNc1cc(C)nc(-c2ccc(OC)nc2)n1. The van der Waals surface area contributed by atoms with Crippen LogP contribution in [0, 0.1) is 6.92 Å². The number of rotatable bonds is 3. The predicted molar refractivity (Wildman–Crippen MR) is 66.1 cm³/mol. The quantitative estimate of drug-likeness (QED) is 0.872. The molecule has 2 aromatic rings. The Labute approximate surface area is 99.9 Å². The lowest BCUT2D eigenvalue weighted by atomic mass is 10.2. The summed E-state index contributed by atoms with van der Waals surface area (Å²) < 4.78 is 5.01. The van der Waals surface area contributed by atoms with Crippen LogP contribution in [0.3, 0.4) is 0 Å². The van der Waals surface area contributed by atoms with Gasteiger partial charge >= 0.3 is 0 Å². The largest absolute Gasteiger partial charge is 0.481 e. The van der Waals surface area contributed by atoms with Crippen LogP contribution in [0.1, 0.15) is 5.69 Å². The molecule has 17 heavy (non-hydrogen) atoms. The van der Waals surface area contributed by atoms with Crippen molar-refractivity contribution in [3.8, 4) is 17.3 Å². The first-order chi connectivity index (χ1) is 8.22. The Bertz CT molecular complexity index is 510. The van der Waals surface area contributed by atoms with Crippen LogP contribution >= 0.6 is 0 Å². The van der Waals surface area contributed by atoms with Crippen LogP contribution in [-0.4, -0.2) is 29.1 Å². The Hall–Kier alpha value is -2.17. The second kappa shape index (κ2) is 4.78. The average Bonchev–Trinajstić information content (AvgIpc) is 2.38. The van der Waals surface area contributed by atoms with Crippen molar-refractivity contribution < 1.29 is 4.74 Å². The van der Waals surface area contributed by atoms with Crippen molar-refractivity contribution in [2.75, 3.05) is 19.5 Å². The van der Waals surface area contributed by atoms with Gasteiger partial charge in [-0.3, -0.25) is 0 Å². The highest BCUT2D eigenvalue weighted by Gasteiger charge is 2.05. The highest BCUT2D eigenvalue weighted by molar-refractivity contribution is 5.56. The predicted octanol–water partition coefficient (Wildman–Crippen LogP) is 1.90. The van der Waals surface area contributed by atoms with Crippen molar-refractivity contribution >= 4 is 5.82 Å². The summed E-state index contributed by atoms with van der Waals surface area (Å²) in [5.41, 5.74) is 1.78. The van der Waals surface area contributed by atoms with Gasteiger partial charge in [0.2, 0.25) is 5.88 Å². The molecule has 1 N–H and O–H groups in total. The lowest BCUT2D eigenvalue weighted by Crippen LogP contribution is -1.98. The van der Waals surface area contributed by atoms with E-state index in [1.165, 1.54) is 0 Å². The maximum atomic E-state index is 5.01. The first kappa shape index (κ1) is 11.3. The fourth-order valence-corrected chi connectivity index (χ4v) is 1.46. The van der Waals surface area contributed by atoms with Crippen molar-refractivity contribution in [2.45, 2.75) is 6.92 Å². The lowest BCUT2D eigenvalue weighted by molar-refractivity contribution is 0.398. The van der Waals surface area contributed by atoms with Crippen molar-refractivity contribution in [2.24, 2.45) is 0 Å². The molecule has 5 nitrogen and oxygen atoms in total. The van der Waals surface area contributed by atoms with Gasteiger partial charge in [0.15, 0.2) is 5.82 Å². The third-order valence-electron chi connectivity index (χ3n) is 2.31. The number of nitrogens with one attached hydrogen (secondary N) is 1. The van der Waals surface area contributed by atoms with Gasteiger partial charge in [-0.15, -0.1) is 0 Å². The Morgan fingerprint density at radius 3 is 2.65 bits per heavy atom. The van der Waals surface area contributed by atoms with E-state index >= 15 is 0 Å². The van der Waals surface area contributed by atoms with Crippen LogP contribution in [0.2, 0.25) is 0 Å². The molecule has 0 bridgehead atoms. The Morgan fingerprint density at radius 1 is 1.24 bits per heavy atom. The molecule has 2 heterocycles.